The third-order valence-corrected chi connectivity index (χ3v) is 5.04. The molecule has 3 rings (SSSR count). The number of carbonyl (C=O) groups excluding carboxylic acids is 1. The van der Waals surface area contributed by atoms with E-state index in [-0.39, 0.29) is 31.1 Å². The van der Waals surface area contributed by atoms with E-state index in [0.29, 0.717) is 13.0 Å². The second-order valence-corrected chi connectivity index (χ2v) is 7.47. The van der Waals surface area contributed by atoms with Crippen LogP contribution in [0.3, 0.4) is 0 Å². The van der Waals surface area contributed by atoms with Gasteiger partial charge in [-0.15, -0.1) is 0 Å². The van der Waals surface area contributed by atoms with E-state index in [0.717, 1.165) is 28.0 Å². The van der Waals surface area contributed by atoms with E-state index in [9.17, 15) is 14.4 Å². The number of ketones is 1. The van der Waals surface area contributed by atoms with Crippen LogP contribution in [0, 0.1) is 0 Å². The third kappa shape index (κ3) is 5.59. The molecule has 1 aromatic carbocycles. The molecule has 2 aromatic heterocycles. The standard InChI is InChI=1S/C22H27N5O5/c1-26(10-6-9-16-13-17(25-32-16)15-7-4-3-5-8-15)14-18(28)19-20(23)27(11-12-31-2)22(30)24-21(19)29/h3-5,7-8,13H,6,9-12,14,23H2,1-2H3,(H,24,29,30). The van der Waals surface area contributed by atoms with Gasteiger partial charge in [-0.25, -0.2) is 4.79 Å². The van der Waals surface area contributed by atoms with Crippen molar-refractivity contribution < 1.29 is 14.1 Å². The molecule has 0 aliphatic heterocycles. The number of hydrogen-bond donors (Lipinski definition) is 2. The Morgan fingerprint density at radius 1 is 1.28 bits per heavy atom. The van der Waals surface area contributed by atoms with Gasteiger partial charge in [-0.3, -0.25) is 24.0 Å². The Balaban J connectivity index is 1.57. The Morgan fingerprint density at radius 3 is 2.75 bits per heavy atom. The van der Waals surface area contributed by atoms with Gasteiger partial charge in [0.05, 0.1) is 19.7 Å². The van der Waals surface area contributed by atoms with Gasteiger partial charge in [0, 0.05) is 25.2 Å². The molecule has 0 bridgehead atoms. The first-order chi connectivity index (χ1) is 15.4. The molecule has 0 aliphatic carbocycles. The van der Waals surface area contributed by atoms with Crippen molar-refractivity contribution in [2.24, 2.45) is 0 Å². The number of nitrogen functional groups attached to an aromatic ring is 1. The molecule has 0 saturated carbocycles. The van der Waals surface area contributed by atoms with Crippen LogP contribution in [0.15, 0.2) is 50.5 Å². The Labute approximate surface area is 184 Å². The normalized spacial score (nSPS) is 11.2. The summed E-state index contributed by atoms with van der Waals surface area (Å²) in [7, 11) is 3.26. The second-order valence-electron chi connectivity index (χ2n) is 7.47. The number of Topliss-reactive ketones (excluding diaryl/α,β-unsaturated/α-hetero) is 1. The van der Waals surface area contributed by atoms with Crippen LogP contribution in [0.1, 0.15) is 22.5 Å². The lowest BCUT2D eigenvalue weighted by Gasteiger charge is -2.16. The molecule has 0 spiro atoms. The average molecular weight is 441 g/mol. The van der Waals surface area contributed by atoms with E-state index in [2.05, 4.69) is 10.1 Å². The van der Waals surface area contributed by atoms with Crippen molar-refractivity contribution in [1.29, 1.82) is 0 Å². The summed E-state index contributed by atoms with van der Waals surface area (Å²) in [6, 6.07) is 11.7. The fourth-order valence-electron chi connectivity index (χ4n) is 3.36. The molecule has 0 aliphatic rings. The van der Waals surface area contributed by atoms with E-state index in [1.54, 1.807) is 11.9 Å². The fourth-order valence-corrected chi connectivity index (χ4v) is 3.36. The molecule has 170 valence electrons. The summed E-state index contributed by atoms with van der Waals surface area (Å²) in [5, 5.41) is 4.10. The van der Waals surface area contributed by atoms with Gasteiger partial charge in [0.25, 0.3) is 5.56 Å². The quantitative estimate of drug-likeness (QED) is 0.423. The lowest BCUT2D eigenvalue weighted by atomic mass is 10.1. The first kappa shape index (κ1) is 23.2. The van der Waals surface area contributed by atoms with Gasteiger partial charge in [-0.05, 0) is 20.0 Å². The van der Waals surface area contributed by atoms with E-state index in [4.69, 9.17) is 15.0 Å². The van der Waals surface area contributed by atoms with Gasteiger partial charge in [0.2, 0.25) is 0 Å². The molecule has 0 atom stereocenters. The van der Waals surface area contributed by atoms with Gasteiger partial charge < -0.3 is 15.0 Å². The Morgan fingerprint density at radius 2 is 2.03 bits per heavy atom. The molecule has 10 heteroatoms. The predicted octanol–water partition coefficient (Wildman–Crippen LogP) is 1.17. The van der Waals surface area contributed by atoms with Gasteiger partial charge in [0.1, 0.15) is 22.8 Å². The number of aryl methyl sites for hydroxylation is 1. The van der Waals surface area contributed by atoms with E-state index < -0.39 is 17.0 Å². The van der Waals surface area contributed by atoms with Crippen molar-refractivity contribution >= 4 is 11.6 Å². The maximum Gasteiger partial charge on any atom is 0.330 e. The highest BCUT2D eigenvalue weighted by Gasteiger charge is 2.20. The Bertz CT molecular complexity index is 1170. The van der Waals surface area contributed by atoms with E-state index >= 15 is 0 Å². The molecule has 3 N–H and O–H groups in total. The number of H-pyrrole nitrogens is 1. The molecule has 10 nitrogen and oxygen atoms in total. The molecule has 0 fully saturated rings. The summed E-state index contributed by atoms with van der Waals surface area (Å²) in [6.45, 7) is 0.934. The second kappa shape index (κ2) is 10.7. The topological polar surface area (TPSA) is 136 Å². The minimum absolute atomic E-state index is 0.0125. The summed E-state index contributed by atoms with van der Waals surface area (Å²) in [5.41, 5.74) is 6.06. The monoisotopic (exact) mass is 441 g/mol. The summed E-state index contributed by atoms with van der Waals surface area (Å²) in [4.78, 5) is 40.8. The van der Waals surface area contributed by atoms with Crippen LogP contribution in [0.2, 0.25) is 0 Å². The zero-order valence-electron chi connectivity index (χ0n) is 18.2. The van der Waals surface area contributed by atoms with Crippen LogP contribution >= 0.6 is 0 Å². The summed E-state index contributed by atoms with van der Waals surface area (Å²) in [5.74, 6) is 0.155. The van der Waals surface area contributed by atoms with Crippen LogP contribution in [0.5, 0.6) is 0 Å². The van der Waals surface area contributed by atoms with Crippen molar-refractivity contribution in [3.05, 3.63) is 68.6 Å². The number of anilines is 1. The molecule has 32 heavy (non-hydrogen) atoms. The molecule has 0 amide bonds. The highest BCUT2D eigenvalue weighted by molar-refractivity contribution is 6.01. The van der Waals surface area contributed by atoms with E-state index in [1.165, 1.54) is 7.11 Å². The molecule has 0 saturated heterocycles. The van der Waals surface area contributed by atoms with Crippen LogP contribution < -0.4 is 17.0 Å². The summed E-state index contributed by atoms with van der Waals surface area (Å²) in [6.07, 6.45) is 1.38. The maximum atomic E-state index is 12.7. The largest absolute Gasteiger partial charge is 0.384 e. The van der Waals surface area contributed by atoms with Crippen LogP contribution in [0.4, 0.5) is 5.82 Å². The van der Waals surface area contributed by atoms with Crippen molar-refractivity contribution in [3.8, 4) is 11.3 Å². The maximum absolute atomic E-state index is 12.7. The third-order valence-electron chi connectivity index (χ3n) is 5.04. The number of ether oxygens (including phenoxy) is 1. The van der Waals surface area contributed by atoms with Gasteiger partial charge >= 0.3 is 5.69 Å². The molecule has 2 heterocycles. The number of nitrogens with one attached hydrogen (secondary N) is 1. The van der Waals surface area contributed by atoms with Crippen LogP contribution in [-0.2, 0) is 17.7 Å². The van der Waals surface area contributed by atoms with Crippen LogP contribution in [-0.4, -0.2) is 59.2 Å². The van der Waals surface area contributed by atoms with Gasteiger partial charge in [-0.1, -0.05) is 35.5 Å². The van der Waals surface area contributed by atoms with Crippen molar-refractivity contribution in [2.75, 3.05) is 39.6 Å². The Hall–Kier alpha value is -3.50. The molecule has 3 aromatic rings. The number of aromatic nitrogens is 3. The zero-order valence-corrected chi connectivity index (χ0v) is 18.2. The Kier molecular flexibility index (Phi) is 7.74. The highest BCUT2D eigenvalue weighted by atomic mass is 16.5. The van der Waals surface area contributed by atoms with Crippen molar-refractivity contribution in [3.63, 3.8) is 0 Å². The van der Waals surface area contributed by atoms with Gasteiger partial charge in [0.15, 0.2) is 5.78 Å². The highest BCUT2D eigenvalue weighted by Crippen LogP contribution is 2.19. The number of benzene rings is 1. The SMILES string of the molecule is COCCn1c(N)c(C(=O)CN(C)CCCc2cc(-c3ccccc3)no2)c(=O)[nH]c1=O. The minimum Gasteiger partial charge on any atom is -0.384 e. The summed E-state index contributed by atoms with van der Waals surface area (Å²) < 4.78 is 11.5. The lowest BCUT2D eigenvalue weighted by molar-refractivity contribution is 0.0944. The number of methoxy groups -OCH3 is 1. The molecule has 0 radical (unpaired) electrons. The number of aromatic amines is 1. The number of nitrogens with zero attached hydrogens (tertiary/aromatic N) is 3. The van der Waals surface area contributed by atoms with Gasteiger partial charge in [-0.2, -0.15) is 0 Å². The number of hydrogen-bond acceptors (Lipinski definition) is 8. The zero-order chi connectivity index (χ0) is 23.1. The summed E-state index contributed by atoms with van der Waals surface area (Å²) >= 11 is 0. The molecular formula is C22H27N5O5. The first-order valence-electron chi connectivity index (χ1n) is 10.2. The predicted molar refractivity (Wildman–Crippen MR) is 120 cm³/mol. The number of carbonyl (C=O) groups is 1. The number of nitrogens with two attached hydrogens (primary N) is 1. The lowest BCUT2D eigenvalue weighted by Crippen LogP contribution is -2.39. The van der Waals surface area contributed by atoms with E-state index in [1.807, 2.05) is 36.4 Å². The van der Waals surface area contributed by atoms with Crippen molar-refractivity contribution in [2.45, 2.75) is 19.4 Å². The molecule has 0 unspecified atom stereocenters. The fraction of sp³-hybridized carbons (Fsp3) is 0.364. The number of likely N-dealkylation sites (N-methyl/N-ethyl adjacent to an activating group) is 1. The first-order valence-corrected chi connectivity index (χ1v) is 10.2. The van der Waals surface area contributed by atoms with Crippen molar-refractivity contribution in [1.82, 2.24) is 19.6 Å². The smallest absolute Gasteiger partial charge is 0.330 e. The minimum atomic E-state index is -0.783. The number of rotatable bonds is 11. The molecular weight excluding hydrogens is 414 g/mol. The van der Waals surface area contributed by atoms with Crippen LogP contribution in [0.25, 0.3) is 11.3 Å². The average Bonchev–Trinajstić information content (AvgIpc) is 3.23.